The number of furan rings is 1. The van der Waals surface area contributed by atoms with E-state index in [1.54, 1.807) is 19.1 Å². The van der Waals surface area contributed by atoms with Gasteiger partial charge in [-0.15, -0.1) is 0 Å². The molecule has 1 aromatic heterocycles. The molecule has 0 spiro atoms. The smallest absolute Gasteiger partial charge is 0.305 e. The maximum Gasteiger partial charge on any atom is 0.305 e. The van der Waals surface area contributed by atoms with Crippen molar-refractivity contribution in [2.24, 2.45) is 4.99 Å². The molecule has 0 aliphatic carbocycles. The number of methoxy groups -OCH3 is 1. The summed E-state index contributed by atoms with van der Waals surface area (Å²) < 4.78 is 9.85. The fourth-order valence-corrected chi connectivity index (χ4v) is 2.12. The number of aliphatic hydroxyl groups is 1. The monoisotopic (exact) mass is 339 g/mol. The number of unbranched alkanes of at least 4 members (excludes halogenated alkanes) is 2. The fourth-order valence-electron chi connectivity index (χ4n) is 2.12. The van der Waals surface area contributed by atoms with E-state index in [0.29, 0.717) is 18.1 Å². The van der Waals surface area contributed by atoms with E-state index in [2.05, 4.69) is 20.4 Å². The molecule has 0 amide bonds. The summed E-state index contributed by atoms with van der Waals surface area (Å²) in [4.78, 5) is 15.4. The van der Waals surface area contributed by atoms with Crippen molar-refractivity contribution in [2.75, 3.05) is 26.7 Å². The molecule has 1 unspecified atom stereocenters. The van der Waals surface area contributed by atoms with Gasteiger partial charge in [-0.25, -0.2) is 4.99 Å². The molecule has 0 fully saturated rings. The Bertz CT molecular complexity index is 498. The normalized spacial score (nSPS) is 14.1. The highest BCUT2D eigenvalue weighted by Gasteiger charge is 2.25. The Morgan fingerprint density at radius 3 is 2.79 bits per heavy atom. The minimum absolute atomic E-state index is 0.169. The van der Waals surface area contributed by atoms with Crippen LogP contribution in [-0.4, -0.2) is 43.8 Å². The van der Waals surface area contributed by atoms with Crippen molar-refractivity contribution in [1.29, 1.82) is 0 Å². The number of hydrogen-bond donors (Lipinski definition) is 3. The molecule has 3 N–H and O–H groups in total. The number of hydrogen-bond acceptors (Lipinski definition) is 5. The SMILES string of the molecule is CCNC(=NCC(C)(O)c1ccco1)NCCCCCC(=O)OC. The summed E-state index contributed by atoms with van der Waals surface area (Å²) >= 11 is 0. The van der Waals surface area contributed by atoms with Crippen LogP contribution in [0.3, 0.4) is 0 Å². The third-order valence-electron chi connectivity index (χ3n) is 3.52. The van der Waals surface area contributed by atoms with Crippen LogP contribution in [-0.2, 0) is 15.1 Å². The molecule has 1 rings (SSSR count). The maximum absolute atomic E-state index is 11.0. The second-order valence-corrected chi connectivity index (χ2v) is 5.76. The van der Waals surface area contributed by atoms with Crippen LogP contribution < -0.4 is 10.6 Å². The number of carbonyl (C=O) groups is 1. The first-order valence-electron chi connectivity index (χ1n) is 8.35. The van der Waals surface area contributed by atoms with E-state index in [0.717, 1.165) is 32.4 Å². The second-order valence-electron chi connectivity index (χ2n) is 5.76. The quantitative estimate of drug-likeness (QED) is 0.260. The maximum atomic E-state index is 11.0. The largest absolute Gasteiger partial charge is 0.469 e. The lowest BCUT2D eigenvalue weighted by Crippen LogP contribution is -2.39. The van der Waals surface area contributed by atoms with E-state index in [1.165, 1.54) is 13.4 Å². The highest BCUT2D eigenvalue weighted by atomic mass is 16.5. The van der Waals surface area contributed by atoms with Gasteiger partial charge in [0.1, 0.15) is 11.4 Å². The van der Waals surface area contributed by atoms with Gasteiger partial charge in [-0.3, -0.25) is 4.79 Å². The molecule has 0 aliphatic rings. The fraction of sp³-hybridized carbons (Fsp3) is 0.647. The molecule has 0 bridgehead atoms. The van der Waals surface area contributed by atoms with Crippen molar-refractivity contribution in [3.8, 4) is 0 Å². The molecule has 1 atom stereocenters. The first-order valence-corrected chi connectivity index (χ1v) is 8.35. The van der Waals surface area contributed by atoms with Gasteiger partial charge in [0, 0.05) is 19.5 Å². The Labute approximate surface area is 143 Å². The van der Waals surface area contributed by atoms with Gasteiger partial charge < -0.3 is 24.9 Å². The Kier molecular flexibility index (Phi) is 8.93. The van der Waals surface area contributed by atoms with Gasteiger partial charge >= 0.3 is 5.97 Å². The van der Waals surface area contributed by atoms with E-state index >= 15 is 0 Å². The van der Waals surface area contributed by atoms with E-state index in [4.69, 9.17) is 4.42 Å². The van der Waals surface area contributed by atoms with Crippen LogP contribution in [0, 0.1) is 0 Å². The second kappa shape index (κ2) is 10.7. The van der Waals surface area contributed by atoms with Crippen molar-refractivity contribution >= 4 is 11.9 Å². The summed E-state index contributed by atoms with van der Waals surface area (Å²) in [5.41, 5.74) is -1.15. The van der Waals surface area contributed by atoms with E-state index in [9.17, 15) is 9.90 Å². The highest BCUT2D eigenvalue weighted by molar-refractivity contribution is 5.79. The zero-order chi connectivity index (χ0) is 17.8. The molecule has 0 aromatic carbocycles. The van der Waals surface area contributed by atoms with Crippen molar-refractivity contribution in [3.05, 3.63) is 24.2 Å². The molecular formula is C17H29N3O4. The van der Waals surface area contributed by atoms with Crippen LogP contribution in [0.25, 0.3) is 0 Å². The molecule has 7 nitrogen and oxygen atoms in total. The van der Waals surface area contributed by atoms with Crippen LogP contribution in [0.2, 0.25) is 0 Å². The number of aliphatic imine (C=N–C) groups is 1. The van der Waals surface area contributed by atoms with Gasteiger partial charge in [-0.05, 0) is 38.8 Å². The summed E-state index contributed by atoms with van der Waals surface area (Å²) in [7, 11) is 1.40. The van der Waals surface area contributed by atoms with Gasteiger partial charge in [0.25, 0.3) is 0 Å². The lowest BCUT2D eigenvalue weighted by Gasteiger charge is -2.19. The van der Waals surface area contributed by atoms with Crippen LogP contribution in [0.5, 0.6) is 0 Å². The Hall–Kier alpha value is -2.02. The third kappa shape index (κ3) is 7.50. The zero-order valence-corrected chi connectivity index (χ0v) is 14.8. The predicted molar refractivity (Wildman–Crippen MR) is 92.7 cm³/mol. The minimum atomic E-state index is -1.15. The highest BCUT2D eigenvalue weighted by Crippen LogP contribution is 2.20. The lowest BCUT2D eigenvalue weighted by atomic mass is 10.0. The van der Waals surface area contributed by atoms with Gasteiger partial charge in [-0.2, -0.15) is 0 Å². The Morgan fingerprint density at radius 1 is 1.38 bits per heavy atom. The summed E-state index contributed by atoms with van der Waals surface area (Å²) in [5, 5.41) is 16.8. The number of nitrogens with one attached hydrogen (secondary N) is 2. The number of rotatable bonds is 10. The summed E-state index contributed by atoms with van der Waals surface area (Å²) in [6.07, 6.45) is 4.67. The number of guanidine groups is 1. The standard InChI is InChI=1S/C17H29N3O4/c1-4-18-16(19-11-7-5-6-10-15(21)23-3)20-13-17(2,22)14-9-8-12-24-14/h8-9,12,22H,4-7,10-11,13H2,1-3H3,(H2,18,19,20). The van der Waals surface area contributed by atoms with Crippen LogP contribution in [0.4, 0.5) is 0 Å². The van der Waals surface area contributed by atoms with Crippen LogP contribution >= 0.6 is 0 Å². The Morgan fingerprint density at radius 2 is 2.17 bits per heavy atom. The number of esters is 1. The molecule has 0 saturated heterocycles. The zero-order valence-electron chi connectivity index (χ0n) is 14.8. The molecule has 1 heterocycles. The summed E-state index contributed by atoms with van der Waals surface area (Å²) in [6.45, 7) is 5.33. The molecule has 7 heteroatoms. The van der Waals surface area contributed by atoms with Crippen molar-refractivity contribution < 1.29 is 19.1 Å². The minimum Gasteiger partial charge on any atom is -0.469 e. The lowest BCUT2D eigenvalue weighted by molar-refractivity contribution is -0.140. The summed E-state index contributed by atoms with van der Waals surface area (Å²) in [6, 6.07) is 3.47. The average molecular weight is 339 g/mol. The molecular weight excluding hydrogens is 310 g/mol. The van der Waals surface area contributed by atoms with E-state index in [1.807, 2.05) is 6.92 Å². The number of carbonyl (C=O) groups excluding carboxylic acids is 1. The molecule has 1 aromatic rings. The molecule has 0 radical (unpaired) electrons. The van der Waals surface area contributed by atoms with Crippen molar-refractivity contribution in [1.82, 2.24) is 10.6 Å². The van der Waals surface area contributed by atoms with Crippen LogP contribution in [0.1, 0.15) is 45.3 Å². The molecule has 0 aliphatic heterocycles. The number of nitrogens with zero attached hydrogens (tertiary/aromatic N) is 1. The van der Waals surface area contributed by atoms with E-state index < -0.39 is 5.60 Å². The topological polar surface area (TPSA) is 96.1 Å². The summed E-state index contributed by atoms with van der Waals surface area (Å²) in [5.74, 6) is 0.972. The van der Waals surface area contributed by atoms with Crippen molar-refractivity contribution in [2.45, 2.75) is 45.1 Å². The van der Waals surface area contributed by atoms with Gasteiger partial charge in [0.15, 0.2) is 5.96 Å². The van der Waals surface area contributed by atoms with Crippen LogP contribution in [0.15, 0.2) is 27.8 Å². The van der Waals surface area contributed by atoms with Gasteiger partial charge in [-0.1, -0.05) is 6.42 Å². The average Bonchev–Trinajstić information content (AvgIpc) is 3.10. The predicted octanol–water partition coefficient (Wildman–Crippen LogP) is 1.78. The van der Waals surface area contributed by atoms with E-state index in [-0.39, 0.29) is 12.5 Å². The Balaban J connectivity index is 2.36. The first kappa shape index (κ1) is 20.0. The first-order chi connectivity index (χ1) is 11.5. The van der Waals surface area contributed by atoms with Gasteiger partial charge in [0.05, 0.1) is 19.9 Å². The van der Waals surface area contributed by atoms with Gasteiger partial charge in [0.2, 0.25) is 0 Å². The molecule has 136 valence electrons. The van der Waals surface area contributed by atoms with Crippen molar-refractivity contribution in [3.63, 3.8) is 0 Å². The third-order valence-corrected chi connectivity index (χ3v) is 3.52. The number of ether oxygens (including phenoxy) is 1. The molecule has 0 saturated carbocycles. The molecule has 24 heavy (non-hydrogen) atoms.